The maximum absolute atomic E-state index is 10.4. The van der Waals surface area contributed by atoms with Crippen LogP contribution < -0.4 is 15.8 Å². The largest absolute Gasteiger partial charge is 0.480 e. The summed E-state index contributed by atoms with van der Waals surface area (Å²) in [6.45, 7) is 0.370. The summed E-state index contributed by atoms with van der Waals surface area (Å²) in [6, 6.07) is -1.30. The Labute approximate surface area is 81.4 Å². The van der Waals surface area contributed by atoms with Crippen molar-refractivity contribution in [1.29, 1.82) is 0 Å². The molecule has 0 rings (SSSR count). The van der Waals surface area contributed by atoms with Crippen LogP contribution in [0.3, 0.4) is 0 Å². The van der Waals surface area contributed by atoms with E-state index in [9.17, 15) is 9.59 Å². The van der Waals surface area contributed by atoms with Crippen molar-refractivity contribution in [2.75, 3.05) is 6.54 Å². The van der Waals surface area contributed by atoms with Gasteiger partial charge in [0.15, 0.2) is 0 Å². The van der Waals surface area contributed by atoms with Crippen LogP contribution in [0.1, 0.15) is 12.8 Å². The number of nitrogens with one attached hydrogen (secondary N) is 2. The highest BCUT2D eigenvalue weighted by Gasteiger charge is 2.13. The fourth-order valence-electron chi connectivity index (χ4n) is 0.761. The van der Waals surface area contributed by atoms with Crippen LogP contribution in [0, 0.1) is 0 Å². The Balaban J connectivity index is 3.50. The zero-order valence-corrected chi connectivity index (χ0v) is 7.88. The van der Waals surface area contributed by atoms with Gasteiger partial charge in [0.25, 0.3) is 0 Å². The van der Waals surface area contributed by atoms with Crippen LogP contribution in [0.2, 0.25) is 0 Å². The number of carboxylic acid groups (broad SMARTS) is 1. The topological polar surface area (TPSA) is 104 Å². The molecule has 7 heteroatoms. The van der Waals surface area contributed by atoms with E-state index in [1.807, 2.05) is 0 Å². The average molecular weight is 207 g/mol. The number of thiol groups is 1. The third-order valence-electron chi connectivity index (χ3n) is 1.42. The number of carbonyl (C=O) groups is 2. The van der Waals surface area contributed by atoms with Crippen LogP contribution >= 0.6 is 12.8 Å². The van der Waals surface area contributed by atoms with E-state index < -0.39 is 18.0 Å². The van der Waals surface area contributed by atoms with Gasteiger partial charge in [0, 0.05) is 6.54 Å². The van der Waals surface area contributed by atoms with Gasteiger partial charge in [-0.3, -0.25) is 9.52 Å². The smallest absolute Gasteiger partial charge is 0.321 e. The average Bonchev–Trinajstić information content (AvgIpc) is 2.03. The number of carboxylic acids is 1. The number of hydrogen-bond acceptors (Lipinski definition) is 4. The highest BCUT2D eigenvalue weighted by atomic mass is 32.1. The molecule has 0 aliphatic heterocycles. The van der Waals surface area contributed by atoms with E-state index in [1.54, 1.807) is 0 Å². The van der Waals surface area contributed by atoms with Gasteiger partial charge >= 0.3 is 12.0 Å². The van der Waals surface area contributed by atoms with E-state index in [0.717, 1.165) is 0 Å². The second-order valence-corrected chi connectivity index (χ2v) is 2.71. The van der Waals surface area contributed by atoms with Gasteiger partial charge in [0.05, 0.1) is 0 Å². The molecule has 0 aliphatic carbocycles. The molecule has 6 nitrogen and oxygen atoms in total. The second-order valence-electron chi connectivity index (χ2n) is 2.45. The molecule has 0 bridgehead atoms. The number of hydrogen-bond donors (Lipinski definition) is 5. The summed E-state index contributed by atoms with van der Waals surface area (Å²) < 4.78 is 2.34. The minimum absolute atomic E-state index is 0.370. The summed E-state index contributed by atoms with van der Waals surface area (Å²) in [5, 5.41) is 10.9. The molecule has 0 aliphatic rings. The summed E-state index contributed by atoms with van der Waals surface area (Å²) in [6.07, 6.45) is 0.923. The lowest BCUT2D eigenvalue weighted by atomic mass is 10.2. The van der Waals surface area contributed by atoms with Crippen molar-refractivity contribution in [2.24, 2.45) is 5.73 Å². The standard InChI is InChI=1S/C6H13N3O3S/c7-6(12)8-3-1-2-4(9-13)5(10)11/h4,9,13H,1-3H2,(H,10,11)(H3,7,8,12). The predicted octanol–water partition coefficient (Wildman–Crippen LogP) is -0.677. The molecule has 0 spiro atoms. The first-order valence-electron chi connectivity index (χ1n) is 3.73. The molecular weight excluding hydrogens is 194 g/mol. The Morgan fingerprint density at radius 3 is 2.54 bits per heavy atom. The zero-order chi connectivity index (χ0) is 10.3. The second kappa shape index (κ2) is 6.55. The van der Waals surface area contributed by atoms with Gasteiger partial charge in [-0.1, -0.05) is 12.8 Å². The summed E-state index contributed by atoms with van der Waals surface area (Å²) in [4.78, 5) is 20.6. The number of nitrogens with two attached hydrogens (primary N) is 1. The summed E-state index contributed by atoms with van der Waals surface area (Å²) in [5.41, 5.74) is 4.80. The van der Waals surface area contributed by atoms with Gasteiger partial charge in [-0.25, -0.2) is 4.79 Å². The first-order valence-corrected chi connectivity index (χ1v) is 4.18. The van der Waals surface area contributed by atoms with Crippen molar-refractivity contribution in [3.05, 3.63) is 0 Å². The molecule has 0 saturated heterocycles. The first kappa shape index (κ1) is 12.0. The van der Waals surface area contributed by atoms with Crippen molar-refractivity contribution in [3.63, 3.8) is 0 Å². The minimum Gasteiger partial charge on any atom is -0.480 e. The third-order valence-corrected chi connectivity index (χ3v) is 1.73. The van der Waals surface area contributed by atoms with Crippen LogP contribution in [-0.4, -0.2) is 29.7 Å². The van der Waals surface area contributed by atoms with Crippen LogP contribution in [-0.2, 0) is 4.79 Å². The lowest BCUT2D eigenvalue weighted by Crippen LogP contribution is -2.34. The number of urea groups is 1. The molecule has 0 aromatic heterocycles. The molecule has 0 heterocycles. The Hall–Kier alpha value is -0.950. The number of amides is 2. The molecule has 0 fully saturated rings. The summed E-state index contributed by atoms with van der Waals surface area (Å²) in [5.74, 6) is -0.964. The summed E-state index contributed by atoms with van der Waals surface area (Å²) in [7, 11) is 0. The molecule has 5 N–H and O–H groups in total. The molecule has 2 amide bonds. The van der Waals surface area contributed by atoms with E-state index in [-0.39, 0.29) is 0 Å². The fourth-order valence-corrected chi connectivity index (χ4v) is 1.00. The first-order chi connectivity index (χ1) is 6.07. The van der Waals surface area contributed by atoms with E-state index in [2.05, 4.69) is 22.9 Å². The van der Waals surface area contributed by atoms with E-state index in [0.29, 0.717) is 19.4 Å². The van der Waals surface area contributed by atoms with Crippen molar-refractivity contribution in [1.82, 2.24) is 10.0 Å². The van der Waals surface area contributed by atoms with Crippen LogP contribution in [0.25, 0.3) is 0 Å². The van der Waals surface area contributed by atoms with Gasteiger partial charge in [-0.2, -0.15) is 0 Å². The van der Waals surface area contributed by atoms with Gasteiger partial charge in [-0.15, -0.1) is 0 Å². The quantitative estimate of drug-likeness (QED) is 0.294. The molecule has 13 heavy (non-hydrogen) atoms. The van der Waals surface area contributed by atoms with E-state index in [1.165, 1.54) is 0 Å². The highest BCUT2D eigenvalue weighted by Crippen LogP contribution is 1.97. The SMILES string of the molecule is NC(=O)NCCCC(NS)C(=O)O. The Kier molecular flexibility index (Phi) is 6.07. The lowest BCUT2D eigenvalue weighted by Gasteiger charge is -2.09. The molecule has 0 saturated carbocycles. The van der Waals surface area contributed by atoms with E-state index >= 15 is 0 Å². The van der Waals surface area contributed by atoms with Crippen LogP contribution in [0.15, 0.2) is 0 Å². The predicted molar refractivity (Wildman–Crippen MR) is 50.4 cm³/mol. The molecule has 0 aromatic carbocycles. The number of aliphatic carboxylic acids is 1. The molecule has 1 unspecified atom stereocenters. The Morgan fingerprint density at radius 2 is 2.15 bits per heavy atom. The number of primary amides is 1. The van der Waals surface area contributed by atoms with Gasteiger partial charge in [0.2, 0.25) is 0 Å². The molecule has 0 radical (unpaired) electrons. The number of carbonyl (C=O) groups excluding carboxylic acids is 1. The zero-order valence-electron chi connectivity index (χ0n) is 6.99. The Bertz CT molecular complexity index is 188. The minimum atomic E-state index is -0.964. The van der Waals surface area contributed by atoms with Crippen LogP contribution in [0.4, 0.5) is 4.79 Å². The van der Waals surface area contributed by atoms with E-state index in [4.69, 9.17) is 10.8 Å². The highest BCUT2D eigenvalue weighted by molar-refractivity contribution is 7.78. The number of rotatable bonds is 6. The maximum atomic E-state index is 10.4. The van der Waals surface area contributed by atoms with Crippen LogP contribution in [0.5, 0.6) is 0 Å². The summed E-state index contributed by atoms with van der Waals surface area (Å²) >= 11 is 3.65. The molecule has 0 aromatic rings. The Morgan fingerprint density at radius 1 is 1.54 bits per heavy atom. The molecular formula is C6H13N3O3S. The normalized spacial score (nSPS) is 12.1. The van der Waals surface area contributed by atoms with Crippen molar-refractivity contribution in [3.8, 4) is 0 Å². The van der Waals surface area contributed by atoms with Crippen molar-refractivity contribution >= 4 is 24.8 Å². The van der Waals surface area contributed by atoms with Gasteiger partial charge in [-0.05, 0) is 12.8 Å². The van der Waals surface area contributed by atoms with Crippen molar-refractivity contribution in [2.45, 2.75) is 18.9 Å². The third kappa shape index (κ3) is 6.23. The molecule has 76 valence electrons. The van der Waals surface area contributed by atoms with Gasteiger partial charge in [0.1, 0.15) is 6.04 Å². The lowest BCUT2D eigenvalue weighted by molar-refractivity contribution is -0.139. The maximum Gasteiger partial charge on any atom is 0.321 e. The monoisotopic (exact) mass is 207 g/mol. The fraction of sp³-hybridized carbons (Fsp3) is 0.667. The van der Waals surface area contributed by atoms with Crippen molar-refractivity contribution < 1.29 is 14.7 Å². The molecule has 1 atom stereocenters. The van der Waals surface area contributed by atoms with Gasteiger partial charge < -0.3 is 16.2 Å².